The number of aromatic amines is 1. The smallest absolute Gasteiger partial charge is 0.264 e. The lowest BCUT2D eigenvalue weighted by Gasteiger charge is -2.04. The highest BCUT2D eigenvalue weighted by Crippen LogP contribution is 2.15. The Balaban J connectivity index is 1.68. The summed E-state index contributed by atoms with van der Waals surface area (Å²) in [6.07, 6.45) is 7.77. The van der Waals surface area contributed by atoms with Crippen molar-refractivity contribution in [3.63, 3.8) is 0 Å². The molecule has 148 valence electrons. The largest absolute Gasteiger partial charge is 0.321 e. The topological polar surface area (TPSA) is 74.3 Å². The summed E-state index contributed by atoms with van der Waals surface area (Å²) in [6.45, 7) is 4.17. The van der Waals surface area contributed by atoms with E-state index in [0.29, 0.717) is 5.56 Å². The second-order valence-corrected chi connectivity index (χ2v) is 7.06. The van der Waals surface area contributed by atoms with Gasteiger partial charge in [0.1, 0.15) is 0 Å². The molecule has 29 heavy (non-hydrogen) atoms. The van der Waals surface area contributed by atoms with Gasteiger partial charge in [0.25, 0.3) is 11.5 Å². The lowest BCUT2D eigenvalue weighted by Crippen LogP contribution is -2.17. The van der Waals surface area contributed by atoms with Crippen LogP contribution in [-0.2, 0) is 11.2 Å². The zero-order valence-electron chi connectivity index (χ0n) is 16.7. The molecule has 0 unspecified atom stereocenters. The molecule has 2 aromatic carbocycles. The molecule has 0 spiro atoms. The SMILES string of the molecule is CCCCc1ccc2[nH]c(=O)c(/C=N\NC(=O)/C=C/c3ccc(C)cc3)cc2c1. The minimum absolute atomic E-state index is 0.244. The maximum atomic E-state index is 12.2. The Kier molecular flexibility index (Phi) is 6.74. The number of hydrogen-bond donors (Lipinski definition) is 2. The van der Waals surface area contributed by atoms with Gasteiger partial charge >= 0.3 is 0 Å². The Morgan fingerprint density at radius 2 is 1.93 bits per heavy atom. The van der Waals surface area contributed by atoms with E-state index in [1.807, 2.05) is 43.3 Å². The summed E-state index contributed by atoms with van der Waals surface area (Å²) in [4.78, 5) is 27.0. The van der Waals surface area contributed by atoms with Crippen LogP contribution in [0.4, 0.5) is 0 Å². The number of benzene rings is 2. The van der Waals surface area contributed by atoms with Gasteiger partial charge in [-0.05, 0) is 60.6 Å². The third-order valence-corrected chi connectivity index (χ3v) is 4.64. The Labute approximate surface area is 170 Å². The van der Waals surface area contributed by atoms with Crippen molar-refractivity contribution in [2.75, 3.05) is 0 Å². The number of hydrazone groups is 1. The molecular formula is C24H25N3O2. The number of pyridine rings is 1. The van der Waals surface area contributed by atoms with E-state index in [1.165, 1.54) is 17.9 Å². The predicted molar refractivity (Wildman–Crippen MR) is 119 cm³/mol. The normalized spacial score (nSPS) is 11.5. The molecule has 3 aromatic rings. The van der Waals surface area contributed by atoms with E-state index in [0.717, 1.165) is 41.3 Å². The first-order valence-corrected chi connectivity index (χ1v) is 9.79. The lowest BCUT2D eigenvalue weighted by atomic mass is 10.0. The van der Waals surface area contributed by atoms with E-state index >= 15 is 0 Å². The first-order chi connectivity index (χ1) is 14.0. The maximum Gasteiger partial charge on any atom is 0.264 e. The fourth-order valence-corrected chi connectivity index (χ4v) is 2.96. The van der Waals surface area contributed by atoms with E-state index in [1.54, 1.807) is 12.1 Å². The van der Waals surface area contributed by atoms with Gasteiger partial charge < -0.3 is 4.98 Å². The van der Waals surface area contributed by atoms with Crippen LogP contribution in [0.1, 0.15) is 42.0 Å². The number of carbonyl (C=O) groups excluding carboxylic acids is 1. The van der Waals surface area contributed by atoms with Crippen LogP contribution < -0.4 is 11.0 Å². The van der Waals surface area contributed by atoms with E-state index < -0.39 is 0 Å². The molecule has 2 N–H and O–H groups in total. The van der Waals surface area contributed by atoms with E-state index in [2.05, 4.69) is 28.5 Å². The molecule has 0 aliphatic carbocycles. The highest BCUT2D eigenvalue weighted by atomic mass is 16.2. The summed E-state index contributed by atoms with van der Waals surface area (Å²) in [5, 5.41) is 4.86. The molecule has 0 bridgehead atoms. The van der Waals surface area contributed by atoms with Gasteiger partial charge in [-0.25, -0.2) is 5.43 Å². The number of unbranched alkanes of at least 4 members (excludes halogenated alkanes) is 1. The van der Waals surface area contributed by atoms with Crippen LogP contribution in [0.25, 0.3) is 17.0 Å². The first kappa shape index (κ1) is 20.3. The molecule has 5 nitrogen and oxygen atoms in total. The van der Waals surface area contributed by atoms with Gasteiger partial charge in [-0.15, -0.1) is 0 Å². The summed E-state index contributed by atoms with van der Waals surface area (Å²) in [6, 6.07) is 15.7. The fraction of sp³-hybridized carbons (Fsp3) is 0.208. The van der Waals surface area contributed by atoms with Crippen molar-refractivity contribution in [3.05, 3.63) is 87.2 Å². The van der Waals surface area contributed by atoms with Crippen molar-refractivity contribution in [2.45, 2.75) is 33.1 Å². The van der Waals surface area contributed by atoms with Crippen LogP contribution in [0.15, 0.2) is 64.5 Å². The fourth-order valence-electron chi connectivity index (χ4n) is 2.96. The lowest BCUT2D eigenvalue weighted by molar-refractivity contribution is -0.116. The second-order valence-electron chi connectivity index (χ2n) is 7.06. The zero-order valence-corrected chi connectivity index (χ0v) is 16.7. The van der Waals surface area contributed by atoms with E-state index in [-0.39, 0.29) is 11.5 Å². The number of H-pyrrole nitrogens is 1. The first-order valence-electron chi connectivity index (χ1n) is 9.79. The molecule has 0 aliphatic rings. The van der Waals surface area contributed by atoms with Gasteiger partial charge in [-0.2, -0.15) is 5.10 Å². The summed E-state index contributed by atoms with van der Waals surface area (Å²) in [5.74, 6) is -0.360. The number of rotatable bonds is 7. The van der Waals surface area contributed by atoms with Gasteiger partial charge in [0.2, 0.25) is 0 Å². The Hall–Kier alpha value is -3.47. The van der Waals surface area contributed by atoms with Crippen molar-refractivity contribution >= 4 is 29.1 Å². The highest BCUT2D eigenvalue weighted by Gasteiger charge is 2.03. The summed E-state index contributed by atoms with van der Waals surface area (Å²) < 4.78 is 0. The van der Waals surface area contributed by atoms with Crippen molar-refractivity contribution < 1.29 is 4.79 Å². The van der Waals surface area contributed by atoms with Crippen LogP contribution in [0.3, 0.4) is 0 Å². The molecular weight excluding hydrogens is 362 g/mol. The summed E-state index contributed by atoms with van der Waals surface area (Å²) >= 11 is 0. The van der Waals surface area contributed by atoms with E-state index in [9.17, 15) is 9.59 Å². The van der Waals surface area contributed by atoms with Crippen molar-refractivity contribution in [2.24, 2.45) is 5.10 Å². The number of nitrogens with one attached hydrogen (secondary N) is 2. The summed E-state index contributed by atoms with van der Waals surface area (Å²) in [7, 11) is 0. The summed E-state index contributed by atoms with van der Waals surface area (Å²) in [5.41, 5.74) is 6.69. The Morgan fingerprint density at radius 3 is 2.69 bits per heavy atom. The number of nitrogens with zero attached hydrogens (tertiary/aromatic N) is 1. The molecule has 5 heteroatoms. The maximum absolute atomic E-state index is 12.2. The van der Waals surface area contributed by atoms with Crippen molar-refractivity contribution in [1.82, 2.24) is 10.4 Å². The average Bonchev–Trinajstić information content (AvgIpc) is 2.72. The van der Waals surface area contributed by atoms with Crippen LogP contribution in [-0.4, -0.2) is 17.1 Å². The van der Waals surface area contributed by atoms with Gasteiger partial charge in [0.15, 0.2) is 0 Å². The number of aryl methyl sites for hydroxylation is 2. The van der Waals surface area contributed by atoms with E-state index in [4.69, 9.17) is 0 Å². The third kappa shape index (κ3) is 5.75. The average molecular weight is 387 g/mol. The quantitative estimate of drug-likeness (QED) is 0.359. The predicted octanol–water partition coefficient (Wildman–Crippen LogP) is 4.34. The Morgan fingerprint density at radius 1 is 1.14 bits per heavy atom. The molecule has 3 rings (SSSR count). The van der Waals surface area contributed by atoms with Crippen LogP contribution >= 0.6 is 0 Å². The molecule has 1 amide bonds. The van der Waals surface area contributed by atoms with Crippen LogP contribution in [0, 0.1) is 6.92 Å². The minimum Gasteiger partial charge on any atom is -0.321 e. The van der Waals surface area contributed by atoms with Gasteiger partial charge in [-0.3, -0.25) is 9.59 Å². The van der Waals surface area contributed by atoms with Gasteiger partial charge in [0.05, 0.1) is 11.8 Å². The molecule has 0 saturated carbocycles. The molecule has 1 aromatic heterocycles. The second kappa shape index (κ2) is 9.64. The van der Waals surface area contributed by atoms with Gasteiger partial charge in [-0.1, -0.05) is 49.2 Å². The molecule has 0 saturated heterocycles. The third-order valence-electron chi connectivity index (χ3n) is 4.64. The molecule has 0 atom stereocenters. The standard InChI is InChI=1S/C24H25N3O2/c1-3-4-5-19-10-12-22-20(14-19)15-21(24(29)26-22)16-25-27-23(28)13-11-18-8-6-17(2)7-9-18/h6-16H,3-5H2,1-2H3,(H,26,29)(H,27,28)/b13-11+,25-16-. The van der Waals surface area contributed by atoms with Gasteiger partial charge in [0, 0.05) is 11.6 Å². The minimum atomic E-state index is -0.360. The highest BCUT2D eigenvalue weighted by molar-refractivity contribution is 5.93. The number of fused-ring (bicyclic) bond motifs is 1. The van der Waals surface area contributed by atoms with Crippen LogP contribution in [0.2, 0.25) is 0 Å². The Bertz CT molecular complexity index is 1110. The number of hydrogen-bond acceptors (Lipinski definition) is 3. The van der Waals surface area contributed by atoms with Crippen LogP contribution in [0.5, 0.6) is 0 Å². The zero-order chi connectivity index (χ0) is 20.6. The molecule has 0 aliphatic heterocycles. The number of aromatic nitrogens is 1. The molecule has 0 fully saturated rings. The molecule has 1 heterocycles. The van der Waals surface area contributed by atoms with Crippen molar-refractivity contribution in [3.8, 4) is 0 Å². The number of carbonyl (C=O) groups is 1. The monoisotopic (exact) mass is 387 g/mol. The molecule has 0 radical (unpaired) electrons. The van der Waals surface area contributed by atoms with Crippen molar-refractivity contribution in [1.29, 1.82) is 0 Å². The number of amides is 1.